The van der Waals surface area contributed by atoms with Gasteiger partial charge in [0.05, 0.1) is 6.33 Å². The van der Waals surface area contributed by atoms with Gasteiger partial charge in [-0.25, -0.2) is 19.3 Å². The topological polar surface area (TPSA) is 91.2 Å². The Balaban J connectivity index is 1.67. The number of anilines is 1. The van der Waals surface area contributed by atoms with Crippen LogP contribution >= 0.6 is 11.6 Å². The van der Waals surface area contributed by atoms with E-state index in [-0.39, 0.29) is 0 Å². The number of ether oxygens (including phenoxy) is 2. The van der Waals surface area contributed by atoms with Gasteiger partial charge in [0.2, 0.25) is 0 Å². The number of esters is 1. The van der Waals surface area contributed by atoms with Crippen molar-refractivity contribution in [3.63, 3.8) is 0 Å². The molecule has 10 heteroatoms. The highest BCUT2D eigenvalue weighted by molar-refractivity contribution is 6.31. The second-order valence-corrected chi connectivity index (χ2v) is 8.31. The standard InChI is InChI=1S/C21H23ClFN5O3/c1-12-21(4,31-13(2)29)20(3,23)19(30-12)28-11-27-16-17(25-10-26-18(16)28)24-9-14-7-5-6-8-15(14)22/h5-8,10-12,19H,9H2,1-4H3,(H,24,25,26)/t12-,19?,20+,21?/m1/s1. The van der Waals surface area contributed by atoms with Crippen LogP contribution in [0.3, 0.4) is 0 Å². The fraction of sp³-hybridized carbons (Fsp3) is 0.429. The van der Waals surface area contributed by atoms with Gasteiger partial charge in [0, 0.05) is 18.5 Å². The van der Waals surface area contributed by atoms with E-state index < -0.39 is 29.6 Å². The molecule has 1 N–H and O–H groups in total. The van der Waals surface area contributed by atoms with Crippen LogP contribution < -0.4 is 5.32 Å². The van der Waals surface area contributed by atoms with E-state index in [2.05, 4.69) is 20.3 Å². The molecule has 3 aromatic rings. The predicted octanol–water partition coefficient (Wildman–Crippen LogP) is 4.06. The Morgan fingerprint density at radius 2 is 2.06 bits per heavy atom. The largest absolute Gasteiger partial charge is 0.453 e. The minimum absolute atomic E-state index is 0.393. The molecule has 0 radical (unpaired) electrons. The highest BCUT2D eigenvalue weighted by Gasteiger charge is 2.65. The molecule has 31 heavy (non-hydrogen) atoms. The average Bonchev–Trinajstić information content (AvgIpc) is 3.20. The third-order valence-electron chi connectivity index (χ3n) is 5.91. The first-order valence-corrected chi connectivity index (χ1v) is 10.2. The zero-order chi connectivity index (χ0) is 22.4. The van der Waals surface area contributed by atoms with Crippen molar-refractivity contribution in [3.8, 4) is 0 Å². The molecule has 1 saturated heterocycles. The van der Waals surface area contributed by atoms with Crippen molar-refractivity contribution in [2.45, 2.75) is 57.8 Å². The SMILES string of the molecule is CC(=O)OC1(C)[C@@H](C)OC(n2cnc3c(NCc4ccccc4Cl)ncnc32)[C@]1(C)F. The van der Waals surface area contributed by atoms with Crippen molar-refractivity contribution in [3.05, 3.63) is 47.5 Å². The van der Waals surface area contributed by atoms with E-state index in [0.29, 0.717) is 28.5 Å². The number of rotatable bonds is 5. The summed E-state index contributed by atoms with van der Waals surface area (Å²) in [6.07, 6.45) is 1.04. The number of nitrogens with zero attached hydrogens (tertiary/aromatic N) is 4. The minimum Gasteiger partial charge on any atom is -0.453 e. The molecule has 2 aromatic heterocycles. The third-order valence-corrected chi connectivity index (χ3v) is 6.28. The summed E-state index contributed by atoms with van der Waals surface area (Å²) in [4.78, 5) is 24.5. The summed E-state index contributed by atoms with van der Waals surface area (Å²) >= 11 is 6.22. The van der Waals surface area contributed by atoms with Gasteiger partial charge in [-0.05, 0) is 32.4 Å². The maximum Gasteiger partial charge on any atom is 0.303 e. The molecular formula is C21H23ClFN5O3. The first-order chi connectivity index (χ1) is 14.6. The van der Waals surface area contributed by atoms with E-state index in [0.717, 1.165) is 5.56 Å². The average molecular weight is 448 g/mol. The predicted molar refractivity (Wildman–Crippen MR) is 113 cm³/mol. The van der Waals surface area contributed by atoms with Crippen molar-refractivity contribution in [2.24, 2.45) is 0 Å². The molecule has 8 nitrogen and oxygen atoms in total. The molecule has 0 aliphatic carbocycles. The minimum atomic E-state index is -2.04. The first-order valence-electron chi connectivity index (χ1n) is 9.84. The number of alkyl halides is 1. The van der Waals surface area contributed by atoms with Crippen molar-refractivity contribution in [1.29, 1.82) is 0 Å². The van der Waals surface area contributed by atoms with E-state index >= 15 is 4.39 Å². The second kappa shape index (κ2) is 7.72. The van der Waals surface area contributed by atoms with Gasteiger partial charge < -0.3 is 14.8 Å². The van der Waals surface area contributed by atoms with Gasteiger partial charge in [-0.3, -0.25) is 9.36 Å². The number of carbonyl (C=O) groups excluding carboxylic acids is 1. The van der Waals surface area contributed by atoms with Gasteiger partial charge in [-0.1, -0.05) is 29.8 Å². The summed E-state index contributed by atoms with van der Waals surface area (Å²) in [5, 5.41) is 3.84. The molecule has 1 aliphatic heterocycles. The van der Waals surface area contributed by atoms with Crippen LogP contribution in [-0.2, 0) is 20.8 Å². The number of halogens is 2. The molecule has 0 amide bonds. The normalized spacial score (nSPS) is 28.1. The summed E-state index contributed by atoms with van der Waals surface area (Å²) in [5.74, 6) is -0.0932. The maximum atomic E-state index is 16.0. The quantitative estimate of drug-likeness (QED) is 0.589. The van der Waals surface area contributed by atoms with Crippen LogP contribution in [0.1, 0.15) is 39.5 Å². The Hall–Kier alpha value is -2.78. The summed E-state index contributed by atoms with van der Waals surface area (Å²) in [5.41, 5.74) is -1.76. The van der Waals surface area contributed by atoms with E-state index in [1.807, 2.05) is 24.3 Å². The lowest BCUT2D eigenvalue weighted by molar-refractivity contribution is -0.172. The number of nitrogens with one attached hydrogen (secondary N) is 1. The van der Waals surface area contributed by atoms with E-state index in [9.17, 15) is 4.79 Å². The van der Waals surface area contributed by atoms with Crippen LogP contribution in [0.15, 0.2) is 36.9 Å². The lowest BCUT2D eigenvalue weighted by atomic mass is 9.84. The van der Waals surface area contributed by atoms with Crippen molar-refractivity contribution in [2.75, 3.05) is 5.32 Å². The van der Waals surface area contributed by atoms with Crippen LogP contribution in [-0.4, -0.2) is 42.9 Å². The molecule has 3 heterocycles. The van der Waals surface area contributed by atoms with E-state index in [4.69, 9.17) is 21.1 Å². The van der Waals surface area contributed by atoms with Crippen LogP contribution in [0.2, 0.25) is 5.02 Å². The van der Waals surface area contributed by atoms with Crippen molar-refractivity contribution >= 4 is 34.6 Å². The third kappa shape index (κ3) is 3.51. The molecule has 1 aliphatic rings. The van der Waals surface area contributed by atoms with Crippen LogP contribution in [0.25, 0.3) is 11.2 Å². The molecule has 164 valence electrons. The van der Waals surface area contributed by atoms with Gasteiger partial charge in [-0.15, -0.1) is 0 Å². The molecule has 0 bridgehead atoms. The number of fused-ring (bicyclic) bond motifs is 1. The van der Waals surface area contributed by atoms with Crippen LogP contribution in [0.5, 0.6) is 0 Å². The van der Waals surface area contributed by atoms with Crippen molar-refractivity contribution in [1.82, 2.24) is 19.5 Å². The fourth-order valence-corrected chi connectivity index (χ4v) is 4.08. The molecule has 0 spiro atoms. The van der Waals surface area contributed by atoms with Crippen LogP contribution in [0, 0.1) is 0 Å². The molecule has 1 fully saturated rings. The number of hydrogen-bond acceptors (Lipinski definition) is 7. The monoisotopic (exact) mass is 447 g/mol. The lowest BCUT2D eigenvalue weighted by Crippen LogP contribution is -2.53. The van der Waals surface area contributed by atoms with Gasteiger partial charge in [-0.2, -0.15) is 0 Å². The number of imidazole rings is 1. The highest BCUT2D eigenvalue weighted by Crippen LogP contribution is 2.50. The number of hydrogen-bond donors (Lipinski definition) is 1. The summed E-state index contributed by atoms with van der Waals surface area (Å²) < 4.78 is 28.8. The molecule has 4 atom stereocenters. The van der Waals surface area contributed by atoms with Gasteiger partial charge in [0.1, 0.15) is 12.4 Å². The molecular weight excluding hydrogens is 425 g/mol. The Labute approximate surface area is 183 Å². The summed E-state index contributed by atoms with van der Waals surface area (Å²) in [7, 11) is 0. The zero-order valence-electron chi connectivity index (χ0n) is 17.6. The number of carbonyl (C=O) groups is 1. The summed E-state index contributed by atoms with van der Waals surface area (Å²) in [6.45, 7) is 6.24. The Morgan fingerprint density at radius 1 is 1.32 bits per heavy atom. The van der Waals surface area contributed by atoms with Gasteiger partial charge in [0.25, 0.3) is 0 Å². The van der Waals surface area contributed by atoms with Crippen LogP contribution in [0.4, 0.5) is 10.2 Å². The smallest absolute Gasteiger partial charge is 0.303 e. The molecule has 1 aromatic carbocycles. The summed E-state index contributed by atoms with van der Waals surface area (Å²) in [6, 6.07) is 7.47. The Kier molecular flexibility index (Phi) is 5.35. The maximum absolute atomic E-state index is 16.0. The Morgan fingerprint density at radius 3 is 2.77 bits per heavy atom. The number of aromatic nitrogens is 4. The van der Waals surface area contributed by atoms with E-state index in [1.54, 1.807) is 6.92 Å². The molecule has 0 saturated carbocycles. The highest BCUT2D eigenvalue weighted by atomic mass is 35.5. The Bertz CT molecular complexity index is 1140. The van der Waals surface area contributed by atoms with Gasteiger partial charge in [0.15, 0.2) is 34.5 Å². The molecule has 2 unspecified atom stereocenters. The first kappa shape index (κ1) is 21.5. The molecule has 4 rings (SSSR count). The van der Waals surface area contributed by atoms with Crippen molar-refractivity contribution < 1.29 is 18.7 Å². The fourth-order valence-electron chi connectivity index (χ4n) is 3.88. The number of benzene rings is 1. The zero-order valence-corrected chi connectivity index (χ0v) is 18.4. The van der Waals surface area contributed by atoms with Gasteiger partial charge >= 0.3 is 5.97 Å². The van der Waals surface area contributed by atoms with E-state index in [1.165, 1.54) is 38.0 Å². The lowest BCUT2D eigenvalue weighted by Gasteiger charge is -2.36. The second-order valence-electron chi connectivity index (χ2n) is 7.90.